The molecule has 0 aliphatic carbocycles. The van der Waals surface area contributed by atoms with Crippen molar-refractivity contribution in [3.05, 3.63) is 57.6 Å². The lowest BCUT2D eigenvalue weighted by atomic mass is 10.1. The fraction of sp³-hybridized carbons (Fsp3) is 0.222. The van der Waals surface area contributed by atoms with Gasteiger partial charge in [-0.15, -0.1) is 0 Å². The Bertz CT molecular complexity index is 775. The molecule has 5 nitrogen and oxygen atoms in total. The molecular formula is C18H20BrN3O2. The van der Waals surface area contributed by atoms with Crippen molar-refractivity contribution in [3.63, 3.8) is 0 Å². The first-order chi connectivity index (χ1) is 11.4. The van der Waals surface area contributed by atoms with Gasteiger partial charge in [-0.3, -0.25) is 4.79 Å². The zero-order chi connectivity index (χ0) is 17.7. The number of halogens is 1. The predicted octanol–water partition coefficient (Wildman–Crippen LogP) is 3.72. The Kier molecular flexibility index (Phi) is 5.98. The van der Waals surface area contributed by atoms with Crippen LogP contribution in [-0.2, 0) is 4.79 Å². The van der Waals surface area contributed by atoms with Gasteiger partial charge in [-0.2, -0.15) is 5.10 Å². The summed E-state index contributed by atoms with van der Waals surface area (Å²) in [5, 5.41) is 16.8. The Hall–Kier alpha value is -2.34. The third-order valence-corrected chi connectivity index (χ3v) is 4.01. The molecule has 0 saturated heterocycles. The number of benzene rings is 2. The summed E-state index contributed by atoms with van der Waals surface area (Å²) in [6.07, 6.45) is 1.40. The van der Waals surface area contributed by atoms with Crippen LogP contribution in [0.1, 0.15) is 23.6 Å². The number of hydrogen-bond acceptors (Lipinski definition) is 4. The standard InChI is InChI=1S/C18H20BrN3O2/c1-11-4-6-16(12(2)8-11)21-13(3)18(24)22-20-10-14-9-15(19)5-7-17(14)23/h4-10,13,21,23H,1-3H3,(H,22,24)/b20-10-/t13-/m0/s1. The third-order valence-electron chi connectivity index (χ3n) is 3.52. The number of nitrogens with zero attached hydrogens (tertiary/aromatic N) is 1. The molecule has 0 unspecified atom stereocenters. The van der Waals surface area contributed by atoms with Crippen molar-refractivity contribution in [1.29, 1.82) is 0 Å². The van der Waals surface area contributed by atoms with Crippen LogP contribution in [0, 0.1) is 13.8 Å². The van der Waals surface area contributed by atoms with Gasteiger partial charge < -0.3 is 10.4 Å². The predicted molar refractivity (Wildman–Crippen MR) is 101 cm³/mol. The highest BCUT2D eigenvalue weighted by Crippen LogP contribution is 2.20. The third kappa shape index (κ3) is 4.83. The van der Waals surface area contributed by atoms with E-state index in [9.17, 15) is 9.90 Å². The zero-order valence-corrected chi connectivity index (χ0v) is 15.4. The van der Waals surface area contributed by atoms with Crippen molar-refractivity contribution in [1.82, 2.24) is 5.43 Å². The monoisotopic (exact) mass is 389 g/mol. The second-order valence-corrected chi connectivity index (χ2v) is 6.54. The summed E-state index contributed by atoms with van der Waals surface area (Å²) in [7, 11) is 0. The molecule has 0 radical (unpaired) electrons. The number of nitrogens with one attached hydrogen (secondary N) is 2. The second-order valence-electron chi connectivity index (χ2n) is 5.62. The Balaban J connectivity index is 1.96. The van der Waals surface area contributed by atoms with Gasteiger partial charge in [0.05, 0.1) is 6.21 Å². The van der Waals surface area contributed by atoms with Crippen molar-refractivity contribution < 1.29 is 9.90 Å². The molecule has 0 heterocycles. The summed E-state index contributed by atoms with van der Waals surface area (Å²) >= 11 is 3.32. The van der Waals surface area contributed by atoms with E-state index in [1.54, 1.807) is 25.1 Å². The van der Waals surface area contributed by atoms with E-state index in [2.05, 4.69) is 37.8 Å². The topological polar surface area (TPSA) is 73.7 Å². The lowest BCUT2D eigenvalue weighted by molar-refractivity contribution is -0.121. The van der Waals surface area contributed by atoms with Gasteiger partial charge in [-0.1, -0.05) is 33.6 Å². The van der Waals surface area contributed by atoms with Crippen LogP contribution in [0.5, 0.6) is 5.75 Å². The summed E-state index contributed by atoms with van der Waals surface area (Å²) in [6.45, 7) is 5.79. The summed E-state index contributed by atoms with van der Waals surface area (Å²) in [6, 6.07) is 10.5. The molecule has 0 spiro atoms. The number of aryl methyl sites for hydroxylation is 2. The second kappa shape index (κ2) is 7.97. The van der Waals surface area contributed by atoms with E-state index in [1.807, 2.05) is 26.0 Å². The van der Waals surface area contributed by atoms with E-state index < -0.39 is 6.04 Å². The minimum absolute atomic E-state index is 0.0950. The van der Waals surface area contributed by atoms with Gasteiger partial charge in [0.1, 0.15) is 11.8 Å². The van der Waals surface area contributed by atoms with Gasteiger partial charge in [0, 0.05) is 15.7 Å². The number of carbonyl (C=O) groups excluding carboxylic acids is 1. The number of hydrogen-bond donors (Lipinski definition) is 3. The molecule has 1 amide bonds. The fourth-order valence-electron chi connectivity index (χ4n) is 2.17. The van der Waals surface area contributed by atoms with Crippen LogP contribution in [0.15, 0.2) is 46.0 Å². The number of amides is 1. The van der Waals surface area contributed by atoms with Gasteiger partial charge in [-0.05, 0) is 50.6 Å². The molecule has 0 aromatic heterocycles. The number of anilines is 1. The molecule has 0 bridgehead atoms. The molecule has 24 heavy (non-hydrogen) atoms. The number of carbonyl (C=O) groups is 1. The van der Waals surface area contributed by atoms with Crippen molar-refractivity contribution in [3.8, 4) is 5.75 Å². The number of hydrazone groups is 1. The minimum Gasteiger partial charge on any atom is -0.507 e. The first-order valence-corrected chi connectivity index (χ1v) is 8.31. The van der Waals surface area contributed by atoms with Crippen LogP contribution < -0.4 is 10.7 Å². The van der Waals surface area contributed by atoms with Gasteiger partial charge in [-0.25, -0.2) is 5.43 Å². The van der Waals surface area contributed by atoms with Crippen LogP contribution in [0.3, 0.4) is 0 Å². The maximum absolute atomic E-state index is 12.1. The SMILES string of the molecule is Cc1ccc(N[C@@H](C)C(=O)N/N=C\c2cc(Br)ccc2O)c(C)c1. The Morgan fingerprint density at radius 1 is 1.25 bits per heavy atom. The number of rotatable bonds is 5. The molecule has 6 heteroatoms. The average Bonchev–Trinajstić information content (AvgIpc) is 2.53. The molecule has 126 valence electrons. The first kappa shape index (κ1) is 18.0. The van der Waals surface area contributed by atoms with Crippen LogP contribution in [0.25, 0.3) is 0 Å². The first-order valence-electron chi connectivity index (χ1n) is 7.52. The van der Waals surface area contributed by atoms with Crippen molar-refractivity contribution >= 4 is 33.7 Å². The Morgan fingerprint density at radius 3 is 2.71 bits per heavy atom. The summed E-state index contributed by atoms with van der Waals surface area (Å²) in [5.41, 5.74) is 6.15. The highest BCUT2D eigenvalue weighted by Gasteiger charge is 2.12. The van der Waals surface area contributed by atoms with Crippen molar-refractivity contribution in [2.75, 3.05) is 5.32 Å². The van der Waals surface area contributed by atoms with Crippen LogP contribution >= 0.6 is 15.9 Å². The van der Waals surface area contributed by atoms with Crippen LogP contribution in [0.4, 0.5) is 5.69 Å². The largest absolute Gasteiger partial charge is 0.507 e. The summed E-state index contributed by atoms with van der Waals surface area (Å²) in [5.74, 6) is -0.168. The Labute approximate surface area is 149 Å². The Morgan fingerprint density at radius 2 is 2.00 bits per heavy atom. The van der Waals surface area contributed by atoms with Crippen LogP contribution in [0.2, 0.25) is 0 Å². The van der Waals surface area contributed by atoms with E-state index >= 15 is 0 Å². The van der Waals surface area contributed by atoms with E-state index in [4.69, 9.17) is 0 Å². The van der Waals surface area contributed by atoms with Crippen LogP contribution in [-0.4, -0.2) is 23.3 Å². The normalized spacial score (nSPS) is 12.2. The van der Waals surface area contributed by atoms with Gasteiger partial charge in [0.25, 0.3) is 5.91 Å². The average molecular weight is 390 g/mol. The molecule has 0 saturated carbocycles. The van der Waals surface area contributed by atoms with E-state index in [0.717, 1.165) is 15.7 Å². The number of phenolic OH excluding ortho intramolecular Hbond substituents is 1. The van der Waals surface area contributed by atoms with Gasteiger partial charge in [0.2, 0.25) is 0 Å². The maximum Gasteiger partial charge on any atom is 0.262 e. The van der Waals surface area contributed by atoms with E-state index in [0.29, 0.717) is 5.56 Å². The van der Waals surface area contributed by atoms with Crippen molar-refractivity contribution in [2.24, 2.45) is 5.10 Å². The summed E-state index contributed by atoms with van der Waals surface area (Å²) in [4.78, 5) is 12.1. The maximum atomic E-state index is 12.1. The minimum atomic E-state index is -0.445. The molecule has 0 aliphatic rings. The molecule has 2 rings (SSSR count). The summed E-state index contributed by atoms with van der Waals surface area (Å²) < 4.78 is 0.818. The molecule has 2 aromatic carbocycles. The van der Waals surface area contributed by atoms with Gasteiger partial charge in [0.15, 0.2) is 0 Å². The number of aromatic hydroxyl groups is 1. The molecule has 3 N–H and O–H groups in total. The zero-order valence-electron chi connectivity index (χ0n) is 13.8. The molecule has 0 aliphatic heterocycles. The smallest absolute Gasteiger partial charge is 0.262 e. The van der Waals surface area contributed by atoms with E-state index in [1.165, 1.54) is 11.8 Å². The molecule has 0 fully saturated rings. The molecule has 1 atom stereocenters. The molecule has 2 aromatic rings. The highest BCUT2D eigenvalue weighted by atomic mass is 79.9. The lowest BCUT2D eigenvalue weighted by Gasteiger charge is -2.15. The molecular weight excluding hydrogens is 370 g/mol. The number of phenols is 1. The quantitative estimate of drug-likeness (QED) is 0.538. The van der Waals surface area contributed by atoms with E-state index in [-0.39, 0.29) is 11.7 Å². The highest BCUT2D eigenvalue weighted by molar-refractivity contribution is 9.10. The van der Waals surface area contributed by atoms with Gasteiger partial charge >= 0.3 is 0 Å². The lowest BCUT2D eigenvalue weighted by Crippen LogP contribution is -2.35. The van der Waals surface area contributed by atoms with Crippen molar-refractivity contribution in [2.45, 2.75) is 26.8 Å². The fourth-order valence-corrected chi connectivity index (χ4v) is 2.54.